The number of aromatic nitrogens is 1. The first kappa shape index (κ1) is 15.6. The van der Waals surface area contributed by atoms with Crippen LogP contribution in [0.5, 0.6) is 0 Å². The van der Waals surface area contributed by atoms with Gasteiger partial charge in [-0.3, -0.25) is 15.1 Å². The van der Waals surface area contributed by atoms with Crippen LogP contribution in [-0.4, -0.2) is 15.3 Å². The number of nitro benzene ring substituents is 1. The fraction of sp³-hybridized carbons (Fsp3) is 0.400. The van der Waals surface area contributed by atoms with E-state index in [4.69, 9.17) is 11.6 Å². The molecule has 112 valence electrons. The van der Waals surface area contributed by atoms with Gasteiger partial charge >= 0.3 is 0 Å². The van der Waals surface area contributed by atoms with Crippen LogP contribution in [0.2, 0.25) is 0 Å². The molecule has 0 aliphatic carbocycles. The maximum absolute atomic E-state index is 14.5. The summed E-state index contributed by atoms with van der Waals surface area (Å²) in [6.45, 7) is 5.68. The first-order chi connectivity index (χ1) is 9.84. The van der Waals surface area contributed by atoms with Crippen LogP contribution in [0.4, 0.5) is 10.1 Å². The van der Waals surface area contributed by atoms with Crippen LogP contribution >= 0.6 is 11.6 Å². The van der Waals surface area contributed by atoms with Gasteiger partial charge in [0.1, 0.15) is 5.82 Å². The number of benzene rings is 1. The Balaban J connectivity index is 2.84. The minimum atomic E-state index is -0.626. The van der Waals surface area contributed by atoms with E-state index in [-0.39, 0.29) is 22.9 Å². The Labute approximate surface area is 127 Å². The molecule has 0 amide bonds. The van der Waals surface area contributed by atoms with Gasteiger partial charge in [0.2, 0.25) is 0 Å². The molecule has 0 aliphatic heterocycles. The van der Waals surface area contributed by atoms with Crippen molar-refractivity contribution in [2.75, 3.05) is 0 Å². The zero-order valence-corrected chi connectivity index (χ0v) is 12.8. The van der Waals surface area contributed by atoms with E-state index in [2.05, 4.69) is 4.98 Å². The van der Waals surface area contributed by atoms with Gasteiger partial charge in [0, 0.05) is 23.1 Å². The van der Waals surface area contributed by atoms with Gasteiger partial charge in [-0.25, -0.2) is 4.39 Å². The van der Waals surface area contributed by atoms with Crippen LogP contribution in [0.3, 0.4) is 0 Å². The van der Waals surface area contributed by atoms with Crippen molar-refractivity contribution in [1.29, 1.82) is 0 Å². The van der Waals surface area contributed by atoms with E-state index >= 15 is 0 Å². The molecule has 0 saturated heterocycles. The van der Waals surface area contributed by atoms with E-state index in [0.717, 1.165) is 6.07 Å². The second kappa shape index (κ2) is 5.93. The molecular weight excluding hydrogens is 295 g/mol. The molecule has 0 aliphatic rings. The van der Waals surface area contributed by atoms with E-state index in [1.54, 1.807) is 19.1 Å². The average molecular weight is 311 g/mol. The molecule has 0 N–H and O–H groups in total. The SMILES string of the molecule is CC(C)C(c1c(F)cc([N+](=O)[O-])c2cccnc12)C(C)Cl. The summed E-state index contributed by atoms with van der Waals surface area (Å²) in [5, 5.41) is 11.1. The summed E-state index contributed by atoms with van der Waals surface area (Å²) >= 11 is 6.22. The summed E-state index contributed by atoms with van der Waals surface area (Å²) in [6.07, 6.45) is 1.51. The molecule has 2 rings (SSSR count). The molecular formula is C15H16ClFN2O2. The molecule has 2 atom stereocenters. The maximum Gasteiger partial charge on any atom is 0.281 e. The normalized spacial score (nSPS) is 14.4. The first-order valence-electron chi connectivity index (χ1n) is 6.70. The van der Waals surface area contributed by atoms with Crippen molar-refractivity contribution in [2.45, 2.75) is 32.1 Å². The lowest BCUT2D eigenvalue weighted by molar-refractivity contribution is -0.383. The van der Waals surface area contributed by atoms with Crippen LogP contribution < -0.4 is 0 Å². The van der Waals surface area contributed by atoms with E-state index in [1.807, 2.05) is 13.8 Å². The smallest absolute Gasteiger partial charge is 0.258 e. The Morgan fingerprint density at radius 2 is 2.05 bits per heavy atom. The van der Waals surface area contributed by atoms with Gasteiger partial charge in [-0.2, -0.15) is 0 Å². The van der Waals surface area contributed by atoms with Crippen LogP contribution in [0, 0.1) is 21.8 Å². The molecule has 1 aromatic heterocycles. The van der Waals surface area contributed by atoms with Gasteiger partial charge in [0.25, 0.3) is 5.69 Å². The molecule has 0 bridgehead atoms. The van der Waals surface area contributed by atoms with E-state index in [1.165, 1.54) is 6.20 Å². The highest BCUT2D eigenvalue weighted by molar-refractivity contribution is 6.21. The monoisotopic (exact) mass is 310 g/mol. The quantitative estimate of drug-likeness (QED) is 0.469. The lowest BCUT2D eigenvalue weighted by Crippen LogP contribution is -2.18. The van der Waals surface area contributed by atoms with E-state index in [9.17, 15) is 14.5 Å². The van der Waals surface area contributed by atoms with Gasteiger partial charge < -0.3 is 0 Å². The highest BCUT2D eigenvalue weighted by Gasteiger charge is 2.29. The van der Waals surface area contributed by atoms with Gasteiger partial charge in [0.15, 0.2) is 0 Å². The minimum Gasteiger partial charge on any atom is -0.258 e. The number of nitrogens with zero attached hydrogens (tertiary/aromatic N) is 2. The predicted octanol–water partition coefficient (Wildman–Crippen LogP) is 4.65. The summed E-state index contributed by atoms with van der Waals surface area (Å²) in [7, 11) is 0. The molecule has 4 nitrogen and oxygen atoms in total. The molecule has 1 aromatic carbocycles. The summed E-state index contributed by atoms with van der Waals surface area (Å²) in [5.74, 6) is -0.817. The third-order valence-corrected chi connectivity index (χ3v) is 3.87. The summed E-state index contributed by atoms with van der Waals surface area (Å²) in [6, 6.07) is 4.15. The van der Waals surface area contributed by atoms with Gasteiger partial charge in [-0.1, -0.05) is 13.8 Å². The number of hydrogen-bond acceptors (Lipinski definition) is 3. The van der Waals surface area contributed by atoms with Crippen molar-refractivity contribution in [2.24, 2.45) is 5.92 Å². The summed E-state index contributed by atoms with van der Waals surface area (Å²) in [4.78, 5) is 14.7. The van der Waals surface area contributed by atoms with Gasteiger partial charge in [-0.15, -0.1) is 11.6 Å². The first-order valence-corrected chi connectivity index (χ1v) is 7.13. The Hall–Kier alpha value is -1.75. The minimum absolute atomic E-state index is 0.0821. The van der Waals surface area contributed by atoms with Crippen LogP contribution in [0.25, 0.3) is 10.9 Å². The Kier molecular flexibility index (Phi) is 4.42. The summed E-state index contributed by atoms with van der Waals surface area (Å²) in [5.41, 5.74) is 0.396. The molecule has 6 heteroatoms. The molecule has 0 radical (unpaired) electrons. The lowest BCUT2D eigenvalue weighted by Gasteiger charge is -2.25. The van der Waals surface area contributed by atoms with Gasteiger partial charge in [0.05, 0.1) is 21.9 Å². The number of nitro groups is 1. The second-order valence-electron chi connectivity index (χ2n) is 5.40. The highest BCUT2D eigenvalue weighted by Crippen LogP contribution is 2.39. The zero-order valence-electron chi connectivity index (χ0n) is 12.0. The number of fused-ring (bicyclic) bond motifs is 1. The molecule has 0 saturated carbocycles. The number of halogens is 2. The van der Waals surface area contributed by atoms with Crippen molar-refractivity contribution >= 4 is 28.2 Å². The number of alkyl halides is 1. The fourth-order valence-corrected chi connectivity index (χ4v) is 3.19. The Morgan fingerprint density at radius 1 is 1.38 bits per heavy atom. The lowest BCUT2D eigenvalue weighted by atomic mass is 9.84. The topological polar surface area (TPSA) is 56.0 Å². The standard InChI is InChI=1S/C15H16ClFN2O2/c1-8(2)13(9(3)16)14-11(17)7-12(19(20)21)10-5-4-6-18-15(10)14/h4-9,13H,1-3H3. The van der Waals surface area contributed by atoms with Crippen molar-refractivity contribution in [1.82, 2.24) is 4.98 Å². The van der Waals surface area contributed by atoms with Crippen molar-refractivity contribution in [3.05, 3.63) is 45.9 Å². The Morgan fingerprint density at radius 3 is 2.57 bits per heavy atom. The third-order valence-electron chi connectivity index (χ3n) is 3.60. The molecule has 0 fully saturated rings. The Bertz CT molecular complexity index is 681. The van der Waals surface area contributed by atoms with Crippen LogP contribution in [0.1, 0.15) is 32.3 Å². The maximum atomic E-state index is 14.5. The zero-order chi connectivity index (χ0) is 15.7. The fourth-order valence-electron chi connectivity index (χ4n) is 2.78. The van der Waals surface area contributed by atoms with Crippen molar-refractivity contribution < 1.29 is 9.31 Å². The van der Waals surface area contributed by atoms with Crippen molar-refractivity contribution in [3.63, 3.8) is 0 Å². The van der Waals surface area contributed by atoms with Crippen LogP contribution in [-0.2, 0) is 0 Å². The number of rotatable bonds is 4. The van der Waals surface area contributed by atoms with E-state index < -0.39 is 10.7 Å². The molecule has 2 unspecified atom stereocenters. The van der Waals surface area contributed by atoms with E-state index in [0.29, 0.717) is 16.5 Å². The number of hydrogen-bond donors (Lipinski definition) is 0. The van der Waals surface area contributed by atoms with Gasteiger partial charge in [-0.05, 0) is 25.0 Å². The molecule has 1 heterocycles. The van der Waals surface area contributed by atoms with Crippen molar-refractivity contribution in [3.8, 4) is 0 Å². The van der Waals surface area contributed by atoms with Crippen LogP contribution in [0.15, 0.2) is 24.4 Å². The molecule has 0 spiro atoms. The average Bonchev–Trinajstić information content (AvgIpc) is 2.40. The molecule has 21 heavy (non-hydrogen) atoms. The largest absolute Gasteiger partial charge is 0.281 e. The number of non-ortho nitro benzene ring substituents is 1. The molecule has 2 aromatic rings. The predicted molar refractivity (Wildman–Crippen MR) is 81.2 cm³/mol. The highest BCUT2D eigenvalue weighted by atomic mass is 35.5. The summed E-state index contributed by atoms with van der Waals surface area (Å²) < 4.78 is 14.5. The third kappa shape index (κ3) is 2.83. The second-order valence-corrected chi connectivity index (χ2v) is 6.08. The number of pyridine rings is 1.